The van der Waals surface area contributed by atoms with E-state index in [1.165, 1.54) is 4.31 Å². The minimum absolute atomic E-state index is 0.410. The van der Waals surface area contributed by atoms with Crippen molar-refractivity contribution in [3.8, 4) is 0 Å². The summed E-state index contributed by atoms with van der Waals surface area (Å²) in [5.41, 5.74) is 0. The minimum Gasteiger partial charge on any atom is -0.202 e. The van der Waals surface area contributed by atoms with Crippen molar-refractivity contribution >= 4 is 10.2 Å². The summed E-state index contributed by atoms with van der Waals surface area (Å²) in [5.74, 6) is 0.410. The van der Waals surface area contributed by atoms with Crippen molar-refractivity contribution in [3.63, 3.8) is 0 Å². The van der Waals surface area contributed by atoms with Crippen LogP contribution in [0.3, 0.4) is 0 Å². The van der Waals surface area contributed by atoms with Gasteiger partial charge in [-0.25, -0.2) is 4.72 Å². The molecule has 5 heteroatoms. The van der Waals surface area contributed by atoms with Crippen LogP contribution in [-0.4, -0.2) is 32.4 Å². The van der Waals surface area contributed by atoms with Gasteiger partial charge >= 0.3 is 0 Å². The molecule has 0 aromatic rings. The van der Waals surface area contributed by atoms with Crippen molar-refractivity contribution in [1.82, 2.24) is 9.03 Å². The Bertz CT molecular complexity index is 243. The molecular formula is C8H17N2O2S. The Morgan fingerprint density at radius 3 is 2.46 bits per heavy atom. The maximum atomic E-state index is 11.5. The predicted molar refractivity (Wildman–Crippen MR) is 52.3 cm³/mol. The molecule has 0 aromatic carbocycles. The second kappa shape index (κ2) is 4.39. The van der Waals surface area contributed by atoms with Crippen LogP contribution < -0.4 is 4.72 Å². The third-order valence-corrected chi connectivity index (χ3v) is 3.94. The minimum atomic E-state index is -3.20. The Hall–Kier alpha value is -0.130. The second-order valence-corrected chi connectivity index (χ2v) is 5.10. The van der Waals surface area contributed by atoms with Gasteiger partial charge in [0.05, 0.1) is 0 Å². The predicted octanol–water partition coefficient (Wildman–Crippen LogP) is 0.387. The maximum absolute atomic E-state index is 11.5. The van der Waals surface area contributed by atoms with Gasteiger partial charge in [0.25, 0.3) is 10.2 Å². The molecule has 1 aliphatic rings. The van der Waals surface area contributed by atoms with E-state index in [1.807, 2.05) is 0 Å². The van der Waals surface area contributed by atoms with E-state index >= 15 is 0 Å². The molecule has 1 rings (SSSR count). The van der Waals surface area contributed by atoms with Gasteiger partial charge in [0.1, 0.15) is 0 Å². The van der Waals surface area contributed by atoms with E-state index in [9.17, 15) is 8.42 Å². The topological polar surface area (TPSA) is 49.4 Å². The van der Waals surface area contributed by atoms with Crippen LogP contribution in [0, 0.1) is 12.8 Å². The average Bonchev–Trinajstić information content (AvgIpc) is 2.05. The molecular weight excluding hydrogens is 188 g/mol. The molecule has 0 bridgehead atoms. The molecule has 1 radical (unpaired) electrons. The Morgan fingerprint density at radius 2 is 2.00 bits per heavy atom. The van der Waals surface area contributed by atoms with E-state index < -0.39 is 10.2 Å². The molecule has 77 valence electrons. The number of piperidine rings is 1. The van der Waals surface area contributed by atoms with Gasteiger partial charge in [-0.05, 0) is 18.8 Å². The average molecular weight is 205 g/mol. The van der Waals surface area contributed by atoms with Crippen LogP contribution in [0.15, 0.2) is 0 Å². The lowest BCUT2D eigenvalue weighted by molar-refractivity contribution is 0.301. The molecule has 1 aliphatic heterocycles. The zero-order valence-corrected chi connectivity index (χ0v) is 8.81. The number of nitrogens with zero attached hydrogens (tertiary/aromatic N) is 1. The summed E-state index contributed by atoms with van der Waals surface area (Å²) >= 11 is 0. The van der Waals surface area contributed by atoms with E-state index in [1.54, 1.807) is 6.92 Å². The monoisotopic (exact) mass is 205 g/mol. The van der Waals surface area contributed by atoms with Crippen molar-refractivity contribution in [2.24, 2.45) is 5.92 Å². The summed E-state index contributed by atoms with van der Waals surface area (Å²) < 4.78 is 27.0. The number of hydrogen-bond donors (Lipinski definition) is 1. The first-order chi connectivity index (χ1) is 6.06. The smallest absolute Gasteiger partial charge is 0.202 e. The van der Waals surface area contributed by atoms with E-state index in [-0.39, 0.29) is 0 Å². The first kappa shape index (κ1) is 10.9. The van der Waals surface area contributed by atoms with Crippen molar-refractivity contribution in [2.45, 2.75) is 19.8 Å². The molecule has 0 unspecified atom stereocenters. The van der Waals surface area contributed by atoms with E-state index in [2.05, 4.69) is 11.6 Å². The quantitative estimate of drug-likeness (QED) is 0.724. The molecule has 0 amide bonds. The van der Waals surface area contributed by atoms with E-state index in [4.69, 9.17) is 0 Å². The fraction of sp³-hybridized carbons (Fsp3) is 0.875. The highest BCUT2D eigenvalue weighted by molar-refractivity contribution is 7.87. The molecule has 1 heterocycles. The number of hydrogen-bond acceptors (Lipinski definition) is 2. The fourth-order valence-electron chi connectivity index (χ4n) is 1.42. The molecule has 1 N–H and O–H groups in total. The summed E-state index contributed by atoms with van der Waals surface area (Å²) in [6.07, 6.45) is 1.73. The van der Waals surface area contributed by atoms with Crippen molar-refractivity contribution in [3.05, 3.63) is 6.92 Å². The molecule has 0 aliphatic carbocycles. The third kappa shape index (κ3) is 2.93. The van der Waals surface area contributed by atoms with Crippen molar-refractivity contribution in [1.29, 1.82) is 0 Å². The molecule has 1 saturated heterocycles. The Kier molecular flexibility index (Phi) is 3.70. The third-order valence-electron chi connectivity index (χ3n) is 2.24. The standard InChI is InChI=1S/C8H17N2O2S/c1-3-9-13(11,12)10-6-4-8(2)5-7-10/h8-9H,2-7H2,1H3. The van der Waals surface area contributed by atoms with E-state index in [0.717, 1.165) is 12.8 Å². The summed E-state index contributed by atoms with van der Waals surface area (Å²) in [6.45, 7) is 7.35. The van der Waals surface area contributed by atoms with Gasteiger partial charge in [0.15, 0.2) is 0 Å². The molecule has 4 nitrogen and oxygen atoms in total. The highest BCUT2D eigenvalue weighted by Crippen LogP contribution is 2.17. The maximum Gasteiger partial charge on any atom is 0.279 e. The Morgan fingerprint density at radius 1 is 1.46 bits per heavy atom. The highest BCUT2D eigenvalue weighted by Gasteiger charge is 2.25. The first-order valence-electron chi connectivity index (χ1n) is 4.64. The second-order valence-electron chi connectivity index (χ2n) is 3.35. The van der Waals surface area contributed by atoms with Crippen LogP contribution in [0.4, 0.5) is 0 Å². The fourth-order valence-corrected chi connectivity index (χ4v) is 2.66. The van der Waals surface area contributed by atoms with Crippen LogP contribution in [0.5, 0.6) is 0 Å². The summed E-state index contributed by atoms with van der Waals surface area (Å²) in [5, 5.41) is 0. The lowest BCUT2D eigenvalue weighted by atomic mass is 10.0. The molecule has 0 spiro atoms. The van der Waals surface area contributed by atoms with E-state index in [0.29, 0.717) is 25.6 Å². The zero-order chi connectivity index (χ0) is 9.90. The van der Waals surface area contributed by atoms with Crippen molar-refractivity contribution in [2.75, 3.05) is 19.6 Å². The van der Waals surface area contributed by atoms with Crippen LogP contribution in [-0.2, 0) is 10.2 Å². The summed E-state index contributed by atoms with van der Waals surface area (Å²) in [7, 11) is -3.20. The first-order valence-corrected chi connectivity index (χ1v) is 6.08. The molecule has 13 heavy (non-hydrogen) atoms. The number of rotatable bonds is 3. The largest absolute Gasteiger partial charge is 0.279 e. The van der Waals surface area contributed by atoms with Crippen LogP contribution >= 0.6 is 0 Å². The zero-order valence-electron chi connectivity index (χ0n) is 7.99. The van der Waals surface area contributed by atoms with Gasteiger partial charge in [0.2, 0.25) is 0 Å². The lowest BCUT2D eigenvalue weighted by Crippen LogP contribution is -2.44. The van der Waals surface area contributed by atoms with Gasteiger partial charge in [0, 0.05) is 19.6 Å². The SMILES string of the molecule is [CH2]C1CCN(S(=O)(=O)NCC)CC1. The molecule has 0 saturated carbocycles. The number of nitrogens with one attached hydrogen (secondary N) is 1. The van der Waals surface area contributed by atoms with Gasteiger partial charge in [-0.3, -0.25) is 0 Å². The Labute approximate surface area is 80.5 Å². The Balaban J connectivity index is 2.53. The van der Waals surface area contributed by atoms with Crippen LogP contribution in [0.1, 0.15) is 19.8 Å². The van der Waals surface area contributed by atoms with Crippen LogP contribution in [0.2, 0.25) is 0 Å². The van der Waals surface area contributed by atoms with Gasteiger partial charge < -0.3 is 0 Å². The normalized spacial score (nSPS) is 22.0. The highest BCUT2D eigenvalue weighted by atomic mass is 32.2. The van der Waals surface area contributed by atoms with Crippen molar-refractivity contribution < 1.29 is 8.42 Å². The van der Waals surface area contributed by atoms with Gasteiger partial charge in [-0.15, -0.1) is 0 Å². The summed E-state index contributed by atoms with van der Waals surface area (Å²) in [4.78, 5) is 0. The summed E-state index contributed by atoms with van der Waals surface area (Å²) in [6, 6.07) is 0. The van der Waals surface area contributed by atoms with Crippen LogP contribution in [0.25, 0.3) is 0 Å². The molecule has 0 atom stereocenters. The van der Waals surface area contributed by atoms with Gasteiger partial charge in [-0.2, -0.15) is 12.7 Å². The molecule has 1 fully saturated rings. The molecule has 0 aromatic heterocycles. The van der Waals surface area contributed by atoms with Gasteiger partial charge in [-0.1, -0.05) is 13.8 Å². The lowest BCUT2D eigenvalue weighted by Gasteiger charge is -2.29.